The van der Waals surface area contributed by atoms with Crippen molar-refractivity contribution in [2.24, 2.45) is 17.6 Å². The minimum atomic E-state index is -0.268. The quantitative estimate of drug-likeness (QED) is 0.412. The average molecular weight is 236 g/mol. The molecular formula is C12H16N2O3. The van der Waals surface area contributed by atoms with Crippen molar-refractivity contribution in [2.45, 2.75) is 25.0 Å². The van der Waals surface area contributed by atoms with Crippen LogP contribution in [0.1, 0.15) is 12.8 Å². The summed E-state index contributed by atoms with van der Waals surface area (Å²) in [5.74, 6) is -0.659. The Labute approximate surface area is 99.6 Å². The zero-order valence-electron chi connectivity index (χ0n) is 9.54. The molecule has 3 aliphatic rings. The van der Waals surface area contributed by atoms with E-state index in [1.54, 1.807) is 0 Å². The molecule has 0 aromatic heterocycles. The zero-order chi connectivity index (χ0) is 12.0. The van der Waals surface area contributed by atoms with Crippen molar-refractivity contribution in [3.8, 4) is 0 Å². The third-order valence-corrected chi connectivity index (χ3v) is 3.84. The molecule has 2 fully saturated rings. The van der Waals surface area contributed by atoms with Crippen molar-refractivity contribution in [2.75, 3.05) is 13.1 Å². The summed E-state index contributed by atoms with van der Waals surface area (Å²) in [5.41, 5.74) is 5.41. The first kappa shape index (κ1) is 10.9. The van der Waals surface area contributed by atoms with Gasteiger partial charge in [-0.2, -0.15) is 0 Å². The molecule has 2 amide bonds. The highest BCUT2D eigenvalue weighted by atomic mass is 16.5. The molecular weight excluding hydrogens is 220 g/mol. The number of ether oxygens (including phenoxy) is 1. The van der Waals surface area contributed by atoms with Crippen molar-refractivity contribution in [3.63, 3.8) is 0 Å². The van der Waals surface area contributed by atoms with Gasteiger partial charge >= 0.3 is 0 Å². The second-order valence-corrected chi connectivity index (χ2v) is 4.83. The number of imide groups is 1. The lowest BCUT2D eigenvalue weighted by Crippen LogP contribution is -2.35. The third-order valence-electron chi connectivity index (χ3n) is 3.84. The van der Waals surface area contributed by atoms with Crippen LogP contribution in [-0.2, 0) is 14.3 Å². The molecule has 0 aliphatic carbocycles. The van der Waals surface area contributed by atoms with Gasteiger partial charge in [-0.05, 0) is 19.4 Å². The monoisotopic (exact) mass is 236 g/mol. The zero-order valence-corrected chi connectivity index (χ0v) is 9.54. The third kappa shape index (κ3) is 1.46. The number of nitrogens with two attached hydrogens (primary N) is 1. The highest BCUT2D eigenvalue weighted by Gasteiger charge is 2.60. The van der Waals surface area contributed by atoms with Gasteiger partial charge in [0.1, 0.15) is 0 Å². The molecule has 3 rings (SSSR count). The molecule has 5 heteroatoms. The van der Waals surface area contributed by atoms with E-state index in [0.717, 1.165) is 12.8 Å². The SMILES string of the molecule is NCCCCN1C(=O)[C@H]2[C@H](C1=O)[C@H]1C=C[C@H]2O1. The van der Waals surface area contributed by atoms with Gasteiger partial charge in [0.25, 0.3) is 0 Å². The summed E-state index contributed by atoms with van der Waals surface area (Å²) in [6.07, 6.45) is 5.08. The number of carbonyl (C=O) groups excluding carboxylic acids is 2. The summed E-state index contributed by atoms with van der Waals surface area (Å²) in [7, 11) is 0. The summed E-state index contributed by atoms with van der Waals surface area (Å²) < 4.78 is 5.55. The normalized spacial score (nSPS) is 38.3. The topological polar surface area (TPSA) is 72.6 Å². The van der Waals surface area contributed by atoms with E-state index >= 15 is 0 Å². The fraction of sp³-hybridized carbons (Fsp3) is 0.667. The van der Waals surface area contributed by atoms with Gasteiger partial charge in [-0.25, -0.2) is 0 Å². The molecule has 2 N–H and O–H groups in total. The lowest BCUT2D eigenvalue weighted by atomic mass is 9.85. The number of hydrogen-bond acceptors (Lipinski definition) is 4. The van der Waals surface area contributed by atoms with Crippen LogP contribution in [0.25, 0.3) is 0 Å². The van der Waals surface area contributed by atoms with E-state index in [-0.39, 0.29) is 35.9 Å². The van der Waals surface area contributed by atoms with E-state index in [9.17, 15) is 9.59 Å². The molecule has 3 aliphatic heterocycles. The molecule has 0 unspecified atom stereocenters. The van der Waals surface area contributed by atoms with E-state index in [2.05, 4.69) is 0 Å². The highest BCUT2D eigenvalue weighted by Crippen LogP contribution is 2.44. The predicted octanol–water partition coefficient (Wildman–Crippen LogP) is -0.336. The number of carbonyl (C=O) groups is 2. The van der Waals surface area contributed by atoms with Crippen molar-refractivity contribution >= 4 is 11.8 Å². The Morgan fingerprint density at radius 1 is 1.12 bits per heavy atom. The molecule has 2 bridgehead atoms. The van der Waals surface area contributed by atoms with Crippen molar-refractivity contribution in [3.05, 3.63) is 12.2 Å². The minimum Gasteiger partial charge on any atom is -0.365 e. The van der Waals surface area contributed by atoms with Crippen molar-refractivity contribution in [1.82, 2.24) is 4.90 Å². The fourth-order valence-corrected chi connectivity index (χ4v) is 3.00. The molecule has 2 saturated heterocycles. The van der Waals surface area contributed by atoms with Gasteiger partial charge in [-0.1, -0.05) is 12.2 Å². The summed E-state index contributed by atoms with van der Waals surface area (Å²) in [5, 5.41) is 0. The number of likely N-dealkylation sites (tertiary alicyclic amines) is 1. The Kier molecular flexibility index (Phi) is 2.52. The van der Waals surface area contributed by atoms with Crippen molar-refractivity contribution < 1.29 is 14.3 Å². The van der Waals surface area contributed by atoms with Crippen LogP contribution in [0.3, 0.4) is 0 Å². The van der Waals surface area contributed by atoms with Crippen LogP contribution in [0.5, 0.6) is 0 Å². The maximum Gasteiger partial charge on any atom is 0.236 e. The van der Waals surface area contributed by atoms with Gasteiger partial charge in [-0.3, -0.25) is 14.5 Å². The Morgan fingerprint density at radius 2 is 1.71 bits per heavy atom. The van der Waals surface area contributed by atoms with Crippen LogP contribution in [0, 0.1) is 11.8 Å². The second kappa shape index (κ2) is 3.92. The van der Waals surface area contributed by atoms with E-state index < -0.39 is 0 Å². The number of unbranched alkanes of at least 4 members (excludes halogenated alkanes) is 1. The number of fused-ring (bicyclic) bond motifs is 5. The van der Waals surface area contributed by atoms with Gasteiger partial charge in [0.05, 0.1) is 24.0 Å². The van der Waals surface area contributed by atoms with Gasteiger partial charge in [0.15, 0.2) is 0 Å². The molecule has 0 spiro atoms. The molecule has 17 heavy (non-hydrogen) atoms. The number of amides is 2. The molecule has 0 saturated carbocycles. The lowest BCUT2D eigenvalue weighted by Gasteiger charge is -2.17. The molecule has 3 heterocycles. The van der Waals surface area contributed by atoms with E-state index in [0.29, 0.717) is 13.1 Å². The number of nitrogens with zero attached hydrogens (tertiary/aromatic N) is 1. The standard InChI is InChI=1S/C12H16N2O3/c13-5-1-2-6-14-11(15)9-7-3-4-8(17-7)10(9)12(14)16/h3-4,7-10H,1-2,5-6,13H2/t7-,8-,9-,10-/m1/s1. The molecule has 0 radical (unpaired) electrons. The maximum atomic E-state index is 12.1. The van der Waals surface area contributed by atoms with Crippen LogP contribution in [0.2, 0.25) is 0 Å². The van der Waals surface area contributed by atoms with Crippen LogP contribution in [0.4, 0.5) is 0 Å². The minimum absolute atomic E-state index is 0.0612. The molecule has 0 aromatic rings. The van der Waals surface area contributed by atoms with E-state index in [1.807, 2.05) is 12.2 Å². The Bertz CT molecular complexity index is 363. The van der Waals surface area contributed by atoms with Gasteiger partial charge in [-0.15, -0.1) is 0 Å². The fourth-order valence-electron chi connectivity index (χ4n) is 3.00. The summed E-state index contributed by atoms with van der Waals surface area (Å²) in [4.78, 5) is 25.7. The summed E-state index contributed by atoms with van der Waals surface area (Å²) >= 11 is 0. The Hall–Kier alpha value is -1.20. The smallest absolute Gasteiger partial charge is 0.236 e. The highest BCUT2D eigenvalue weighted by molar-refractivity contribution is 6.06. The number of rotatable bonds is 4. The van der Waals surface area contributed by atoms with Crippen LogP contribution in [0.15, 0.2) is 12.2 Å². The largest absolute Gasteiger partial charge is 0.365 e. The molecule has 4 atom stereocenters. The Morgan fingerprint density at radius 3 is 2.24 bits per heavy atom. The average Bonchev–Trinajstić information content (AvgIpc) is 2.97. The lowest BCUT2D eigenvalue weighted by molar-refractivity contribution is -0.142. The first-order chi connectivity index (χ1) is 8.24. The Balaban J connectivity index is 1.74. The first-order valence-electron chi connectivity index (χ1n) is 6.13. The second-order valence-electron chi connectivity index (χ2n) is 4.83. The number of hydrogen-bond donors (Lipinski definition) is 1. The van der Waals surface area contributed by atoms with E-state index in [1.165, 1.54) is 4.90 Å². The summed E-state index contributed by atoms with van der Waals surface area (Å²) in [6, 6.07) is 0. The van der Waals surface area contributed by atoms with E-state index in [4.69, 9.17) is 10.5 Å². The maximum absolute atomic E-state index is 12.1. The molecule has 92 valence electrons. The van der Waals surface area contributed by atoms with Crippen LogP contribution in [-0.4, -0.2) is 42.0 Å². The van der Waals surface area contributed by atoms with Crippen molar-refractivity contribution in [1.29, 1.82) is 0 Å². The van der Waals surface area contributed by atoms with Crippen LogP contribution >= 0.6 is 0 Å². The van der Waals surface area contributed by atoms with Gasteiger partial charge in [0.2, 0.25) is 11.8 Å². The molecule has 5 nitrogen and oxygen atoms in total. The van der Waals surface area contributed by atoms with Crippen LogP contribution < -0.4 is 5.73 Å². The van der Waals surface area contributed by atoms with Gasteiger partial charge in [0, 0.05) is 6.54 Å². The first-order valence-corrected chi connectivity index (χ1v) is 6.13. The van der Waals surface area contributed by atoms with Gasteiger partial charge < -0.3 is 10.5 Å². The summed E-state index contributed by atoms with van der Waals surface area (Å²) in [6.45, 7) is 1.10. The molecule has 0 aromatic carbocycles. The predicted molar refractivity (Wildman–Crippen MR) is 59.8 cm³/mol.